The number of benzene rings is 1. The van der Waals surface area contributed by atoms with Crippen molar-refractivity contribution in [2.75, 3.05) is 0 Å². The zero-order valence-corrected chi connectivity index (χ0v) is 14.6. The summed E-state index contributed by atoms with van der Waals surface area (Å²) in [5.74, 6) is 3.77. The fourth-order valence-electron chi connectivity index (χ4n) is 2.59. The van der Waals surface area contributed by atoms with Crippen molar-refractivity contribution in [2.24, 2.45) is 10.9 Å². The molecule has 0 fully saturated rings. The van der Waals surface area contributed by atoms with Gasteiger partial charge >= 0.3 is 0 Å². The van der Waals surface area contributed by atoms with Gasteiger partial charge in [-0.25, -0.2) is 11.3 Å². The van der Waals surface area contributed by atoms with Crippen LogP contribution in [0.15, 0.2) is 34.2 Å². The van der Waals surface area contributed by atoms with Crippen LogP contribution in [0.1, 0.15) is 32.3 Å². The average Bonchev–Trinajstić information content (AvgIpc) is 2.64. The van der Waals surface area contributed by atoms with Gasteiger partial charge in [-0.1, -0.05) is 12.1 Å². The number of carbonyl (C=O) groups is 2. The number of hydrazone groups is 1. The van der Waals surface area contributed by atoms with Crippen molar-refractivity contribution < 1.29 is 14.7 Å². The molecule has 0 bridgehead atoms. The standard InChI is InChI=1S/C17H21N5O4/c1-3-22-12-7-5-4-6-11(12)16(25)15(17(22)26)10(2)20-21-14(24)9-8-13(23)19-18/h4-7,25H,3,8-9,18H2,1-2H3,(H,19,23)(H,21,24)/b20-10+. The van der Waals surface area contributed by atoms with Gasteiger partial charge in [0.25, 0.3) is 5.56 Å². The van der Waals surface area contributed by atoms with Crippen LogP contribution in [-0.2, 0) is 16.1 Å². The van der Waals surface area contributed by atoms with E-state index in [-0.39, 0.29) is 29.9 Å². The van der Waals surface area contributed by atoms with Gasteiger partial charge < -0.3 is 9.67 Å². The molecule has 26 heavy (non-hydrogen) atoms. The first-order chi connectivity index (χ1) is 12.4. The van der Waals surface area contributed by atoms with Crippen LogP contribution >= 0.6 is 0 Å². The first kappa shape index (κ1) is 19.1. The van der Waals surface area contributed by atoms with Crippen LogP contribution in [0.2, 0.25) is 0 Å². The molecule has 138 valence electrons. The maximum Gasteiger partial charge on any atom is 0.263 e. The van der Waals surface area contributed by atoms with Crippen LogP contribution in [-0.4, -0.2) is 27.2 Å². The van der Waals surface area contributed by atoms with E-state index >= 15 is 0 Å². The molecule has 0 saturated carbocycles. The largest absolute Gasteiger partial charge is 0.506 e. The fourth-order valence-corrected chi connectivity index (χ4v) is 2.59. The summed E-state index contributed by atoms with van der Waals surface area (Å²) in [6.45, 7) is 3.75. The molecule has 0 atom stereocenters. The van der Waals surface area contributed by atoms with Gasteiger partial charge in [0.15, 0.2) is 0 Å². The van der Waals surface area contributed by atoms with E-state index in [9.17, 15) is 19.5 Å². The first-order valence-electron chi connectivity index (χ1n) is 8.08. The molecule has 2 rings (SSSR count). The number of nitrogens with one attached hydrogen (secondary N) is 2. The van der Waals surface area contributed by atoms with Crippen molar-refractivity contribution in [3.8, 4) is 5.75 Å². The number of fused-ring (bicyclic) bond motifs is 1. The van der Waals surface area contributed by atoms with Crippen LogP contribution in [0.3, 0.4) is 0 Å². The van der Waals surface area contributed by atoms with Crippen molar-refractivity contribution in [1.29, 1.82) is 0 Å². The van der Waals surface area contributed by atoms with E-state index < -0.39 is 17.4 Å². The summed E-state index contributed by atoms with van der Waals surface area (Å²) in [6, 6.07) is 7.00. The van der Waals surface area contributed by atoms with Gasteiger partial charge in [0.2, 0.25) is 11.8 Å². The highest BCUT2D eigenvalue weighted by Crippen LogP contribution is 2.26. The molecular formula is C17H21N5O4. The van der Waals surface area contributed by atoms with E-state index in [0.717, 1.165) is 0 Å². The lowest BCUT2D eigenvalue weighted by molar-refractivity contribution is -0.126. The monoisotopic (exact) mass is 359 g/mol. The second-order valence-electron chi connectivity index (χ2n) is 5.59. The number of aromatic hydroxyl groups is 1. The molecule has 1 aromatic carbocycles. The second kappa shape index (κ2) is 8.26. The predicted molar refractivity (Wildman–Crippen MR) is 97.5 cm³/mol. The Kier molecular flexibility index (Phi) is 6.07. The van der Waals surface area contributed by atoms with Crippen molar-refractivity contribution >= 4 is 28.4 Å². The molecular weight excluding hydrogens is 338 g/mol. The normalized spacial score (nSPS) is 11.4. The maximum atomic E-state index is 12.7. The quantitative estimate of drug-likeness (QED) is 0.255. The smallest absolute Gasteiger partial charge is 0.263 e. The zero-order valence-electron chi connectivity index (χ0n) is 14.6. The maximum absolute atomic E-state index is 12.7. The molecule has 2 amide bonds. The van der Waals surface area contributed by atoms with Gasteiger partial charge in [0, 0.05) is 24.8 Å². The molecule has 2 aromatic rings. The third-order valence-corrected chi connectivity index (χ3v) is 3.91. The Hall–Kier alpha value is -3.20. The van der Waals surface area contributed by atoms with Crippen molar-refractivity contribution in [1.82, 2.24) is 15.4 Å². The molecule has 0 saturated heterocycles. The minimum absolute atomic E-state index is 0.0190. The van der Waals surface area contributed by atoms with E-state index in [1.165, 1.54) is 11.5 Å². The number of pyridine rings is 1. The molecule has 0 radical (unpaired) electrons. The Morgan fingerprint density at radius 1 is 1.23 bits per heavy atom. The first-order valence-corrected chi connectivity index (χ1v) is 8.08. The average molecular weight is 359 g/mol. The van der Waals surface area contributed by atoms with Crippen LogP contribution in [0.25, 0.3) is 10.9 Å². The zero-order chi connectivity index (χ0) is 19.3. The predicted octanol–water partition coefficient (Wildman–Crippen LogP) is 0.337. The van der Waals surface area contributed by atoms with Crippen LogP contribution in [0.5, 0.6) is 5.75 Å². The van der Waals surface area contributed by atoms with Crippen molar-refractivity contribution in [3.05, 3.63) is 40.2 Å². The number of nitrogens with two attached hydrogens (primary N) is 1. The summed E-state index contributed by atoms with van der Waals surface area (Å²) in [7, 11) is 0. The minimum Gasteiger partial charge on any atom is -0.506 e. The summed E-state index contributed by atoms with van der Waals surface area (Å²) >= 11 is 0. The Balaban J connectivity index is 2.35. The number of hydrogen-bond donors (Lipinski definition) is 4. The highest BCUT2D eigenvalue weighted by Gasteiger charge is 2.18. The number of amides is 2. The SMILES string of the molecule is CCn1c(=O)c(/C(C)=N/NC(=O)CCC(=O)NN)c(O)c2ccccc21. The number of carbonyl (C=O) groups excluding carboxylic acids is 2. The Morgan fingerprint density at radius 2 is 1.88 bits per heavy atom. The number of hydrogen-bond acceptors (Lipinski definition) is 6. The Morgan fingerprint density at radius 3 is 2.54 bits per heavy atom. The minimum atomic E-state index is -0.510. The second-order valence-corrected chi connectivity index (χ2v) is 5.59. The van der Waals surface area contributed by atoms with Gasteiger partial charge in [0.05, 0.1) is 11.2 Å². The number of rotatable bonds is 6. The third-order valence-electron chi connectivity index (χ3n) is 3.91. The van der Waals surface area contributed by atoms with Crippen LogP contribution < -0.4 is 22.3 Å². The lowest BCUT2D eigenvalue weighted by Gasteiger charge is -2.13. The highest BCUT2D eigenvalue weighted by atomic mass is 16.3. The molecule has 0 spiro atoms. The fraction of sp³-hybridized carbons (Fsp3) is 0.294. The van der Waals surface area contributed by atoms with Crippen LogP contribution in [0, 0.1) is 0 Å². The van der Waals surface area contributed by atoms with Gasteiger partial charge in [0.1, 0.15) is 11.3 Å². The molecule has 0 aliphatic carbocycles. The molecule has 0 unspecified atom stereocenters. The topological polar surface area (TPSA) is 139 Å². The van der Waals surface area contributed by atoms with Gasteiger partial charge in [-0.05, 0) is 26.0 Å². The molecule has 1 heterocycles. The summed E-state index contributed by atoms with van der Waals surface area (Å²) in [5, 5.41) is 14.9. The molecule has 0 aliphatic rings. The summed E-state index contributed by atoms with van der Waals surface area (Å²) in [4.78, 5) is 35.5. The lowest BCUT2D eigenvalue weighted by Crippen LogP contribution is -2.31. The summed E-state index contributed by atoms with van der Waals surface area (Å²) in [6.07, 6.45) is -0.191. The van der Waals surface area contributed by atoms with E-state index in [1.807, 2.05) is 12.3 Å². The van der Waals surface area contributed by atoms with Crippen molar-refractivity contribution in [2.45, 2.75) is 33.2 Å². The van der Waals surface area contributed by atoms with Gasteiger partial charge in [-0.3, -0.25) is 19.8 Å². The van der Waals surface area contributed by atoms with Gasteiger partial charge in [-0.15, -0.1) is 0 Å². The molecule has 9 heteroatoms. The molecule has 0 aliphatic heterocycles. The highest BCUT2D eigenvalue weighted by molar-refractivity contribution is 6.05. The molecule has 5 N–H and O–H groups in total. The number of aromatic nitrogens is 1. The third kappa shape index (κ3) is 3.89. The van der Waals surface area contributed by atoms with E-state index in [0.29, 0.717) is 17.4 Å². The van der Waals surface area contributed by atoms with Gasteiger partial charge in [-0.2, -0.15) is 5.10 Å². The van der Waals surface area contributed by atoms with E-state index in [2.05, 4.69) is 10.5 Å². The molecule has 1 aromatic heterocycles. The Bertz CT molecular complexity index is 933. The lowest BCUT2D eigenvalue weighted by atomic mass is 10.1. The van der Waals surface area contributed by atoms with Crippen molar-refractivity contribution in [3.63, 3.8) is 0 Å². The van der Waals surface area contributed by atoms with Crippen LogP contribution in [0.4, 0.5) is 0 Å². The number of hydrazine groups is 1. The number of para-hydroxylation sites is 1. The van der Waals surface area contributed by atoms with E-state index in [1.54, 1.807) is 24.3 Å². The number of aryl methyl sites for hydroxylation is 1. The molecule has 9 nitrogen and oxygen atoms in total. The summed E-state index contributed by atoms with van der Waals surface area (Å²) in [5.41, 5.74) is 4.59. The van der Waals surface area contributed by atoms with E-state index in [4.69, 9.17) is 5.84 Å². The number of nitrogens with zero attached hydrogens (tertiary/aromatic N) is 2. The Labute approximate surface area is 149 Å². The summed E-state index contributed by atoms with van der Waals surface area (Å²) < 4.78 is 1.52.